The first kappa shape index (κ1) is 12.5. The van der Waals surface area contributed by atoms with Crippen molar-refractivity contribution in [3.8, 4) is 0 Å². The van der Waals surface area contributed by atoms with Gasteiger partial charge in [-0.1, -0.05) is 15.9 Å². The second-order valence-electron chi connectivity index (χ2n) is 4.02. The van der Waals surface area contributed by atoms with Crippen LogP contribution in [0.25, 0.3) is 0 Å². The fourth-order valence-corrected chi connectivity index (χ4v) is 5.53. The van der Waals surface area contributed by atoms with Crippen molar-refractivity contribution in [1.82, 2.24) is 4.90 Å². The number of halogens is 2. The number of nitrogens with zero attached hydrogens (tertiary/aromatic N) is 1. The first-order chi connectivity index (χ1) is 7.36. The van der Waals surface area contributed by atoms with Crippen LogP contribution in [0.3, 0.4) is 0 Å². The molecule has 2 fully saturated rings. The average molecular weight is 331 g/mol. The number of carboxylic acid groups (broad SMARTS) is 1. The van der Waals surface area contributed by atoms with Crippen molar-refractivity contribution in [2.75, 3.05) is 5.88 Å². The summed E-state index contributed by atoms with van der Waals surface area (Å²) in [5.74, 6) is -1.55. The van der Waals surface area contributed by atoms with Crippen molar-refractivity contribution in [2.45, 2.75) is 27.9 Å². The summed E-state index contributed by atoms with van der Waals surface area (Å²) in [6, 6.07) is -1.10. The average Bonchev–Trinajstić information content (AvgIpc) is 2.46. The fraction of sp³-hybridized carbons (Fsp3) is 0.750. The van der Waals surface area contributed by atoms with E-state index in [1.54, 1.807) is 6.92 Å². The van der Waals surface area contributed by atoms with Gasteiger partial charge < -0.3 is 9.66 Å². The molecule has 2 unspecified atom stereocenters. The van der Waals surface area contributed by atoms with Gasteiger partial charge in [-0.2, -0.15) is 0 Å². The number of fused-ring (bicyclic) bond motifs is 1. The molecule has 90 valence electrons. The summed E-state index contributed by atoms with van der Waals surface area (Å²) in [4.78, 5) is 23.3. The Morgan fingerprint density at radius 2 is 2.38 bits per heavy atom. The highest BCUT2D eigenvalue weighted by Gasteiger charge is 2.73. The number of rotatable bonds is 2. The van der Waals surface area contributed by atoms with Crippen molar-refractivity contribution in [3.63, 3.8) is 0 Å². The van der Waals surface area contributed by atoms with E-state index in [0.29, 0.717) is 0 Å². The molecular formula is C8H9BrClNO4S. The molecule has 2 saturated heterocycles. The minimum atomic E-state index is -1.47. The lowest BCUT2D eigenvalue weighted by molar-refractivity contribution is -0.156. The van der Waals surface area contributed by atoms with Gasteiger partial charge in [-0.15, -0.1) is 11.6 Å². The highest BCUT2D eigenvalue weighted by atomic mass is 79.9. The number of carboxylic acids is 1. The summed E-state index contributed by atoms with van der Waals surface area (Å²) < 4.78 is 11.0. The standard InChI is InChI=1S/C8H9BrClNO4S/c1-8(2-10)4(7(13)14)11-5(12)3(9)6(11)16(8)15/h3-4,6H,2H2,1H3,(H,13,14)/t3-,4?,6-,8-,16?/m0/s1. The molecule has 2 aliphatic heterocycles. The molecule has 2 rings (SSSR count). The first-order valence-corrected chi connectivity index (χ1v) is 7.18. The van der Waals surface area contributed by atoms with Crippen LogP contribution in [0.15, 0.2) is 0 Å². The molecule has 0 aromatic rings. The van der Waals surface area contributed by atoms with E-state index in [-0.39, 0.29) is 11.8 Å². The third-order valence-corrected chi connectivity index (χ3v) is 7.23. The zero-order chi connectivity index (χ0) is 12.2. The highest BCUT2D eigenvalue weighted by molar-refractivity contribution is 9.10. The van der Waals surface area contributed by atoms with Crippen LogP contribution in [-0.4, -0.2) is 53.3 Å². The van der Waals surface area contributed by atoms with Gasteiger partial charge in [0.25, 0.3) is 0 Å². The molecule has 0 saturated carbocycles. The summed E-state index contributed by atoms with van der Waals surface area (Å²) in [6.07, 6.45) is 0. The molecule has 5 atom stereocenters. The van der Waals surface area contributed by atoms with E-state index in [1.165, 1.54) is 4.90 Å². The number of β-lactam (4-membered cyclic amide) rings is 1. The third kappa shape index (κ3) is 1.28. The van der Waals surface area contributed by atoms with Gasteiger partial charge in [-0.25, -0.2) is 4.79 Å². The van der Waals surface area contributed by atoms with E-state index in [4.69, 9.17) is 16.7 Å². The Balaban J connectivity index is 2.42. The largest absolute Gasteiger partial charge is 0.614 e. The monoisotopic (exact) mass is 329 g/mol. The van der Waals surface area contributed by atoms with Crippen molar-refractivity contribution in [2.24, 2.45) is 0 Å². The van der Waals surface area contributed by atoms with Gasteiger partial charge in [0, 0.05) is 0 Å². The molecule has 0 aromatic carbocycles. The maximum Gasteiger partial charge on any atom is 0.332 e. The van der Waals surface area contributed by atoms with Gasteiger partial charge in [0.15, 0.2) is 15.6 Å². The Hall–Kier alpha value is 0.0200. The molecular weight excluding hydrogens is 322 g/mol. The lowest BCUT2D eigenvalue weighted by Crippen LogP contribution is -2.64. The number of amides is 1. The fourth-order valence-electron chi connectivity index (χ4n) is 2.12. The van der Waals surface area contributed by atoms with Crippen molar-refractivity contribution in [1.29, 1.82) is 0 Å². The molecule has 0 aromatic heterocycles. The molecule has 1 N–H and O–H groups in total. The molecule has 16 heavy (non-hydrogen) atoms. The van der Waals surface area contributed by atoms with Gasteiger partial charge >= 0.3 is 5.97 Å². The second kappa shape index (κ2) is 3.76. The molecule has 0 spiro atoms. The van der Waals surface area contributed by atoms with E-state index in [2.05, 4.69) is 15.9 Å². The van der Waals surface area contributed by atoms with Gasteiger partial charge in [-0.3, -0.25) is 9.69 Å². The Morgan fingerprint density at radius 3 is 2.81 bits per heavy atom. The predicted molar refractivity (Wildman–Crippen MR) is 62.0 cm³/mol. The summed E-state index contributed by atoms with van der Waals surface area (Å²) in [5, 5.41) is 8.55. The van der Waals surface area contributed by atoms with E-state index in [0.717, 1.165) is 0 Å². The number of alkyl halides is 2. The van der Waals surface area contributed by atoms with Crippen molar-refractivity contribution in [3.05, 3.63) is 0 Å². The second-order valence-corrected chi connectivity index (χ2v) is 7.29. The normalized spacial score (nSPS) is 46.5. The molecule has 0 radical (unpaired) electrons. The molecule has 2 aliphatic rings. The zero-order valence-corrected chi connectivity index (χ0v) is 11.4. The number of hydrogen-bond donors (Lipinski definition) is 1. The van der Waals surface area contributed by atoms with Crippen molar-refractivity contribution >= 4 is 50.6 Å². The minimum absolute atomic E-state index is 0.0590. The number of carbonyl (C=O) groups excluding carboxylic acids is 1. The lowest BCUT2D eigenvalue weighted by atomic mass is 9.98. The predicted octanol–water partition coefficient (Wildman–Crippen LogP) is 0.131. The molecule has 2 heterocycles. The van der Waals surface area contributed by atoms with Gasteiger partial charge in [0.05, 0.1) is 5.88 Å². The minimum Gasteiger partial charge on any atom is -0.614 e. The Kier molecular flexibility index (Phi) is 2.93. The third-order valence-electron chi connectivity index (χ3n) is 3.05. The van der Waals surface area contributed by atoms with Gasteiger partial charge in [-0.05, 0) is 18.1 Å². The van der Waals surface area contributed by atoms with E-state index < -0.39 is 38.1 Å². The van der Waals surface area contributed by atoms with Gasteiger partial charge in [0.1, 0.15) is 0 Å². The van der Waals surface area contributed by atoms with Crippen LogP contribution in [0.4, 0.5) is 0 Å². The summed E-state index contributed by atoms with van der Waals surface area (Å²) >= 11 is 7.37. The Morgan fingerprint density at radius 1 is 1.81 bits per heavy atom. The number of hydrogen-bond acceptors (Lipinski definition) is 3. The zero-order valence-electron chi connectivity index (χ0n) is 8.22. The Bertz CT molecular complexity index is 370. The van der Waals surface area contributed by atoms with E-state index in [9.17, 15) is 14.1 Å². The number of aliphatic carboxylic acids is 1. The SMILES string of the molecule is C[C@]1(CCl)C(C(=O)O)N2C(=O)[C@H](Br)[C@@H]2[S+]1[O-]. The van der Waals surface area contributed by atoms with Crippen molar-refractivity contribution < 1.29 is 19.2 Å². The smallest absolute Gasteiger partial charge is 0.332 e. The first-order valence-electron chi connectivity index (χ1n) is 4.52. The van der Waals surface area contributed by atoms with Crippen LogP contribution < -0.4 is 0 Å². The lowest BCUT2D eigenvalue weighted by Gasteiger charge is -2.37. The topological polar surface area (TPSA) is 80.7 Å². The van der Waals surface area contributed by atoms with Crippen LogP contribution in [0.2, 0.25) is 0 Å². The molecule has 0 aliphatic carbocycles. The van der Waals surface area contributed by atoms with E-state index >= 15 is 0 Å². The van der Waals surface area contributed by atoms with Crippen LogP contribution >= 0.6 is 27.5 Å². The number of carbonyl (C=O) groups is 2. The van der Waals surface area contributed by atoms with E-state index in [1.807, 2.05) is 0 Å². The summed E-state index contributed by atoms with van der Waals surface area (Å²) in [5.41, 5.74) is 0. The van der Waals surface area contributed by atoms with Crippen LogP contribution in [-0.2, 0) is 20.8 Å². The van der Waals surface area contributed by atoms with Gasteiger partial charge in [0.2, 0.25) is 11.3 Å². The summed E-state index contributed by atoms with van der Waals surface area (Å²) in [7, 11) is 0. The summed E-state index contributed by atoms with van der Waals surface area (Å²) in [6.45, 7) is 1.54. The maximum atomic E-state index is 12.1. The van der Waals surface area contributed by atoms with Crippen LogP contribution in [0.1, 0.15) is 6.92 Å². The van der Waals surface area contributed by atoms with Crippen LogP contribution in [0, 0.1) is 0 Å². The molecule has 0 bridgehead atoms. The maximum absolute atomic E-state index is 12.1. The molecule has 8 heteroatoms. The Labute approximate surface area is 108 Å². The van der Waals surface area contributed by atoms with Crippen LogP contribution in [0.5, 0.6) is 0 Å². The molecule has 1 amide bonds. The quantitative estimate of drug-likeness (QED) is 0.443. The highest BCUT2D eigenvalue weighted by Crippen LogP contribution is 2.48. The molecule has 5 nitrogen and oxygen atoms in total.